The van der Waals surface area contributed by atoms with Crippen molar-refractivity contribution in [3.05, 3.63) is 17.5 Å². The number of rotatable bonds is 3. The highest BCUT2D eigenvalue weighted by Gasteiger charge is 2.13. The zero-order chi connectivity index (χ0) is 10.5. The van der Waals surface area contributed by atoms with Gasteiger partial charge in [-0.15, -0.1) is 11.8 Å². The van der Waals surface area contributed by atoms with Gasteiger partial charge in [0.25, 0.3) is 0 Å². The molecule has 1 aliphatic rings. The van der Waals surface area contributed by atoms with Gasteiger partial charge in [-0.3, -0.25) is 0 Å². The summed E-state index contributed by atoms with van der Waals surface area (Å²) in [5, 5.41) is 4.91. The molecule has 82 valence electrons. The average molecular weight is 244 g/mol. The molecule has 0 saturated carbocycles. The Balaban J connectivity index is 1.81. The van der Waals surface area contributed by atoms with E-state index in [1.165, 1.54) is 25.7 Å². The van der Waals surface area contributed by atoms with E-state index in [0.717, 1.165) is 23.2 Å². The summed E-state index contributed by atoms with van der Waals surface area (Å²) < 4.78 is 0. The molecule has 1 aromatic heterocycles. The van der Waals surface area contributed by atoms with Crippen molar-refractivity contribution < 1.29 is 0 Å². The summed E-state index contributed by atoms with van der Waals surface area (Å²) in [7, 11) is 0. The van der Waals surface area contributed by atoms with E-state index in [-0.39, 0.29) is 0 Å². The van der Waals surface area contributed by atoms with E-state index in [2.05, 4.69) is 15.3 Å². The molecule has 1 aliphatic heterocycles. The zero-order valence-electron chi connectivity index (χ0n) is 8.45. The van der Waals surface area contributed by atoms with Crippen LogP contribution in [0.15, 0.2) is 17.4 Å². The number of thioether (sulfide) groups is 1. The number of hydrogen-bond acceptors (Lipinski definition) is 4. The minimum atomic E-state index is 0.522. The van der Waals surface area contributed by atoms with E-state index in [9.17, 15) is 0 Å². The standard InChI is InChI=1S/C10H14ClN3S/c11-9-4-10(14-7-13-9)15-6-8-2-1-3-12-5-8/h4,7-8,12H,1-3,5-6H2. The Hall–Kier alpha value is -0.320. The molecule has 0 amide bonds. The van der Waals surface area contributed by atoms with Crippen molar-refractivity contribution >= 4 is 23.4 Å². The summed E-state index contributed by atoms with van der Waals surface area (Å²) in [5.74, 6) is 1.87. The van der Waals surface area contributed by atoms with Gasteiger partial charge >= 0.3 is 0 Å². The van der Waals surface area contributed by atoms with Crippen molar-refractivity contribution in [2.24, 2.45) is 5.92 Å². The molecule has 1 saturated heterocycles. The Bertz CT molecular complexity index is 315. The maximum absolute atomic E-state index is 5.79. The lowest BCUT2D eigenvalue weighted by Crippen LogP contribution is -2.30. The molecule has 1 unspecified atom stereocenters. The minimum Gasteiger partial charge on any atom is -0.316 e. The van der Waals surface area contributed by atoms with Crippen molar-refractivity contribution in [3.63, 3.8) is 0 Å². The van der Waals surface area contributed by atoms with Gasteiger partial charge in [0, 0.05) is 11.8 Å². The van der Waals surface area contributed by atoms with Gasteiger partial charge in [0.2, 0.25) is 0 Å². The van der Waals surface area contributed by atoms with E-state index in [4.69, 9.17) is 11.6 Å². The van der Waals surface area contributed by atoms with Crippen molar-refractivity contribution in [1.82, 2.24) is 15.3 Å². The van der Waals surface area contributed by atoms with Crippen LogP contribution in [0.1, 0.15) is 12.8 Å². The van der Waals surface area contributed by atoms with Gasteiger partial charge < -0.3 is 5.32 Å². The number of nitrogens with zero attached hydrogens (tertiary/aromatic N) is 2. The van der Waals surface area contributed by atoms with E-state index in [1.54, 1.807) is 11.8 Å². The van der Waals surface area contributed by atoms with Crippen molar-refractivity contribution in [1.29, 1.82) is 0 Å². The highest BCUT2D eigenvalue weighted by atomic mass is 35.5. The van der Waals surface area contributed by atoms with E-state index >= 15 is 0 Å². The Kier molecular flexibility index (Phi) is 4.23. The molecule has 15 heavy (non-hydrogen) atoms. The molecule has 5 heteroatoms. The molecule has 0 spiro atoms. The molecule has 0 bridgehead atoms. The first kappa shape index (κ1) is 11.2. The summed E-state index contributed by atoms with van der Waals surface area (Å²) in [4.78, 5) is 8.03. The smallest absolute Gasteiger partial charge is 0.133 e. The predicted molar refractivity (Wildman–Crippen MR) is 63.4 cm³/mol. The average Bonchev–Trinajstić information content (AvgIpc) is 2.28. The maximum Gasteiger partial charge on any atom is 0.133 e. The van der Waals surface area contributed by atoms with Gasteiger partial charge in [0.05, 0.1) is 0 Å². The molecule has 1 atom stereocenters. The number of aromatic nitrogens is 2. The molecule has 0 aromatic carbocycles. The van der Waals surface area contributed by atoms with Gasteiger partial charge in [-0.1, -0.05) is 11.6 Å². The Labute approximate surface area is 99.0 Å². The monoisotopic (exact) mass is 243 g/mol. The lowest BCUT2D eigenvalue weighted by molar-refractivity contribution is 0.410. The summed E-state index contributed by atoms with van der Waals surface area (Å²) >= 11 is 7.56. The van der Waals surface area contributed by atoms with Crippen LogP contribution in [0.3, 0.4) is 0 Å². The Morgan fingerprint density at radius 3 is 3.20 bits per heavy atom. The fourth-order valence-corrected chi connectivity index (χ4v) is 2.89. The highest BCUT2D eigenvalue weighted by Crippen LogP contribution is 2.23. The summed E-state index contributed by atoms with van der Waals surface area (Å²) in [5.41, 5.74) is 0. The van der Waals surface area contributed by atoms with Crippen LogP contribution in [-0.2, 0) is 0 Å². The summed E-state index contributed by atoms with van der Waals surface area (Å²) in [6.45, 7) is 2.30. The van der Waals surface area contributed by atoms with Gasteiger partial charge in [0.15, 0.2) is 0 Å². The van der Waals surface area contributed by atoms with Crippen LogP contribution in [-0.4, -0.2) is 28.8 Å². The molecule has 2 heterocycles. The Morgan fingerprint density at radius 2 is 2.47 bits per heavy atom. The summed E-state index contributed by atoms with van der Waals surface area (Å²) in [6.07, 6.45) is 4.12. The molecule has 1 N–H and O–H groups in total. The van der Waals surface area contributed by atoms with Crippen LogP contribution in [0.4, 0.5) is 0 Å². The van der Waals surface area contributed by atoms with Crippen LogP contribution in [0.25, 0.3) is 0 Å². The molecule has 0 radical (unpaired) electrons. The van der Waals surface area contributed by atoms with Crippen LogP contribution in [0.5, 0.6) is 0 Å². The number of piperidine rings is 1. The first-order valence-corrected chi connectivity index (χ1v) is 6.52. The van der Waals surface area contributed by atoms with E-state index < -0.39 is 0 Å². The van der Waals surface area contributed by atoms with Crippen LogP contribution < -0.4 is 5.32 Å². The number of hydrogen-bond donors (Lipinski definition) is 1. The first-order chi connectivity index (χ1) is 7.34. The van der Waals surface area contributed by atoms with E-state index in [1.807, 2.05) is 6.07 Å². The third-order valence-corrected chi connectivity index (χ3v) is 3.84. The van der Waals surface area contributed by atoms with Gasteiger partial charge in [-0.05, 0) is 31.8 Å². The minimum absolute atomic E-state index is 0.522. The molecule has 1 fully saturated rings. The first-order valence-electron chi connectivity index (χ1n) is 5.15. The second kappa shape index (κ2) is 5.68. The number of nitrogens with one attached hydrogen (secondary N) is 1. The number of halogens is 1. The summed E-state index contributed by atoms with van der Waals surface area (Å²) in [6, 6.07) is 1.82. The van der Waals surface area contributed by atoms with Gasteiger partial charge in [-0.25, -0.2) is 9.97 Å². The van der Waals surface area contributed by atoms with Gasteiger partial charge in [0.1, 0.15) is 16.5 Å². The largest absolute Gasteiger partial charge is 0.316 e. The van der Waals surface area contributed by atoms with Crippen LogP contribution in [0.2, 0.25) is 5.15 Å². The Morgan fingerprint density at radius 1 is 1.53 bits per heavy atom. The lowest BCUT2D eigenvalue weighted by atomic mass is 10.0. The maximum atomic E-state index is 5.79. The third kappa shape index (κ3) is 3.63. The molecule has 3 nitrogen and oxygen atoms in total. The second-order valence-corrected chi connectivity index (χ2v) is 5.13. The third-order valence-electron chi connectivity index (χ3n) is 2.47. The van der Waals surface area contributed by atoms with Crippen LogP contribution in [0, 0.1) is 5.92 Å². The second-order valence-electron chi connectivity index (χ2n) is 3.70. The molecule has 1 aromatic rings. The SMILES string of the molecule is Clc1cc(SCC2CCCNC2)ncn1. The van der Waals surface area contributed by atoms with Gasteiger partial charge in [-0.2, -0.15) is 0 Å². The molecular formula is C10H14ClN3S. The predicted octanol–water partition coefficient (Wildman–Crippen LogP) is 2.22. The molecule has 2 rings (SSSR count). The highest BCUT2D eigenvalue weighted by molar-refractivity contribution is 7.99. The molecule has 0 aliphatic carbocycles. The van der Waals surface area contributed by atoms with Crippen molar-refractivity contribution in [3.8, 4) is 0 Å². The fourth-order valence-electron chi connectivity index (χ4n) is 1.67. The van der Waals surface area contributed by atoms with Crippen LogP contribution >= 0.6 is 23.4 Å². The molecular weight excluding hydrogens is 230 g/mol. The van der Waals surface area contributed by atoms with E-state index in [0.29, 0.717) is 5.15 Å². The topological polar surface area (TPSA) is 37.8 Å². The normalized spacial score (nSPS) is 21.5. The van der Waals surface area contributed by atoms with Crippen molar-refractivity contribution in [2.45, 2.75) is 17.9 Å². The van der Waals surface area contributed by atoms with Crippen molar-refractivity contribution in [2.75, 3.05) is 18.8 Å². The fraction of sp³-hybridized carbons (Fsp3) is 0.600. The quantitative estimate of drug-likeness (QED) is 0.653. The lowest BCUT2D eigenvalue weighted by Gasteiger charge is -2.21. The zero-order valence-corrected chi connectivity index (χ0v) is 10.0.